The number of carbonyl (C=O) groups excluding carboxylic acids is 2. The van der Waals surface area contributed by atoms with Crippen LogP contribution < -0.4 is 15.8 Å². The van der Waals surface area contributed by atoms with Crippen molar-refractivity contribution in [3.05, 3.63) is 59.2 Å². The van der Waals surface area contributed by atoms with Gasteiger partial charge in [0.15, 0.2) is 5.96 Å². The molecular formula is C23H26N4O5. The van der Waals surface area contributed by atoms with E-state index in [-0.39, 0.29) is 30.8 Å². The van der Waals surface area contributed by atoms with Gasteiger partial charge < -0.3 is 25.8 Å². The predicted octanol–water partition coefficient (Wildman–Crippen LogP) is 2.56. The van der Waals surface area contributed by atoms with Gasteiger partial charge in [-0.05, 0) is 72.7 Å². The zero-order valence-corrected chi connectivity index (χ0v) is 17.8. The summed E-state index contributed by atoms with van der Waals surface area (Å²) in [6.45, 7) is -0.320. The van der Waals surface area contributed by atoms with Gasteiger partial charge in [0.05, 0.1) is 5.56 Å². The Bertz CT molecular complexity index is 1040. The Morgan fingerprint density at radius 1 is 1.22 bits per heavy atom. The number of carboxylic acids is 1. The van der Waals surface area contributed by atoms with Crippen molar-refractivity contribution in [1.29, 1.82) is 5.41 Å². The molecule has 1 aliphatic rings. The maximum Gasteiger partial charge on any atom is 0.343 e. The molecule has 1 aliphatic carbocycles. The van der Waals surface area contributed by atoms with Crippen LogP contribution in [0.5, 0.6) is 5.75 Å². The van der Waals surface area contributed by atoms with Gasteiger partial charge in [-0.25, -0.2) is 4.79 Å². The highest BCUT2D eigenvalue weighted by Crippen LogP contribution is 2.36. The number of rotatable bonds is 7. The third kappa shape index (κ3) is 5.84. The van der Waals surface area contributed by atoms with E-state index in [4.69, 9.17) is 21.0 Å². The molecule has 0 fully saturated rings. The minimum Gasteiger partial charge on any atom is -0.480 e. The molecular weight excluding hydrogens is 412 g/mol. The fraction of sp³-hybridized carbons (Fsp3) is 0.304. The van der Waals surface area contributed by atoms with Crippen molar-refractivity contribution in [3.63, 3.8) is 0 Å². The van der Waals surface area contributed by atoms with Crippen LogP contribution in [0.3, 0.4) is 0 Å². The number of carbonyl (C=O) groups is 3. The van der Waals surface area contributed by atoms with E-state index in [1.54, 1.807) is 30.3 Å². The van der Waals surface area contributed by atoms with E-state index < -0.39 is 11.9 Å². The number of benzene rings is 2. The lowest BCUT2D eigenvalue weighted by atomic mass is 9.80. The molecule has 2 aromatic rings. The number of esters is 1. The Morgan fingerprint density at radius 3 is 2.59 bits per heavy atom. The number of fused-ring (bicyclic) bond motifs is 1. The lowest BCUT2D eigenvalue weighted by Gasteiger charge is -2.27. The smallest absolute Gasteiger partial charge is 0.343 e. The van der Waals surface area contributed by atoms with Crippen LogP contribution in [0.15, 0.2) is 42.5 Å². The van der Waals surface area contributed by atoms with Crippen molar-refractivity contribution >= 4 is 29.5 Å². The summed E-state index contributed by atoms with van der Waals surface area (Å²) in [5.41, 5.74) is 8.31. The number of hydrogen-bond acceptors (Lipinski definition) is 5. The second-order valence-corrected chi connectivity index (χ2v) is 7.80. The Kier molecular flexibility index (Phi) is 7.09. The van der Waals surface area contributed by atoms with E-state index in [2.05, 4.69) is 5.32 Å². The molecule has 9 nitrogen and oxygen atoms in total. The van der Waals surface area contributed by atoms with Crippen molar-refractivity contribution < 1.29 is 24.2 Å². The molecule has 0 aliphatic heterocycles. The first-order valence-corrected chi connectivity index (χ1v) is 10.2. The number of nitrogens with zero attached hydrogens (tertiary/aromatic N) is 1. The van der Waals surface area contributed by atoms with Crippen molar-refractivity contribution in [1.82, 2.24) is 4.90 Å². The largest absolute Gasteiger partial charge is 0.480 e. The van der Waals surface area contributed by atoms with Crippen LogP contribution in [0.2, 0.25) is 0 Å². The molecule has 32 heavy (non-hydrogen) atoms. The molecule has 0 saturated carbocycles. The van der Waals surface area contributed by atoms with Crippen LogP contribution >= 0.6 is 0 Å². The summed E-state index contributed by atoms with van der Waals surface area (Å²) in [5.74, 6) is -1.51. The highest BCUT2D eigenvalue weighted by molar-refractivity contribution is 5.93. The highest BCUT2D eigenvalue weighted by atomic mass is 16.5. The van der Waals surface area contributed by atoms with E-state index in [1.165, 1.54) is 11.9 Å². The Hall–Kier alpha value is -3.88. The average molecular weight is 438 g/mol. The summed E-state index contributed by atoms with van der Waals surface area (Å²) >= 11 is 0. The van der Waals surface area contributed by atoms with Gasteiger partial charge in [-0.2, -0.15) is 0 Å². The summed E-state index contributed by atoms with van der Waals surface area (Å²) in [6.07, 6.45) is 2.81. The van der Waals surface area contributed by atoms with E-state index in [1.807, 2.05) is 12.1 Å². The second kappa shape index (κ2) is 9.95. The van der Waals surface area contributed by atoms with Gasteiger partial charge in [0.1, 0.15) is 12.3 Å². The SMILES string of the molecule is CN(CC(=O)O)C(=O)CC1CCCc2cc(OC(=O)c3ccc(NC(=N)N)cc3)ccc21. The summed E-state index contributed by atoms with van der Waals surface area (Å²) in [4.78, 5) is 36.9. The van der Waals surface area contributed by atoms with Crippen LogP contribution in [0.25, 0.3) is 0 Å². The molecule has 9 heteroatoms. The average Bonchev–Trinajstić information content (AvgIpc) is 2.73. The number of amides is 1. The number of anilines is 1. The molecule has 0 aromatic heterocycles. The number of aliphatic carboxylic acids is 1. The van der Waals surface area contributed by atoms with E-state index in [9.17, 15) is 14.4 Å². The molecule has 0 bridgehead atoms. The fourth-order valence-corrected chi connectivity index (χ4v) is 3.84. The zero-order valence-electron chi connectivity index (χ0n) is 17.8. The molecule has 1 atom stereocenters. The molecule has 168 valence electrons. The molecule has 1 unspecified atom stereocenters. The van der Waals surface area contributed by atoms with Gasteiger partial charge in [-0.3, -0.25) is 15.0 Å². The number of aryl methyl sites for hydroxylation is 1. The van der Waals surface area contributed by atoms with Crippen LogP contribution in [-0.4, -0.2) is 47.4 Å². The van der Waals surface area contributed by atoms with Crippen LogP contribution in [0.1, 0.15) is 46.7 Å². The van der Waals surface area contributed by atoms with Gasteiger partial charge in [0, 0.05) is 19.2 Å². The third-order valence-corrected chi connectivity index (χ3v) is 5.38. The Balaban J connectivity index is 1.67. The van der Waals surface area contributed by atoms with Gasteiger partial charge in [-0.15, -0.1) is 0 Å². The van der Waals surface area contributed by atoms with E-state index >= 15 is 0 Å². The summed E-state index contributed by atoms with van der Waals surface area (Å²) in [5, 5.41) is 18.7. The molecule has 0 spiro atoms. The van der Waals surface area contributed by atoms with Gasteiger partial charge in [0.2, 0.25) is 5.91 Å². The number of carboxylic acid groups (broad SMARTS) is 1. The van der Waals surface area contributed by atoms with Crippen LogP contribution in [0, 0.1) is 5.41 Å². The van der Waals surface area contributed by atoms with Crippen molar-refractivity contribution in [2.75, 3.05) is 18.9 Å². The molecule has 1 amide bonds. The first-order chi connectivity index (χ1) is 15.2. The third-order valence-electron chi connectivity index (χ3n) is 5.38. The highest BCUT2D eigenvalue weighted by Gasteiger charge is 2.25. The molecule has 2 aromatic carbocycles. The normalized spacial score (nSPS) is 14.7. The van der Waals surface area contributed by atoms with Crippen LogP contribution in [0.4, 0.5) is 5.69 Å². The van der Waals surface area contributed by atoms with E-state index in [0.717, 1.165) is 30.4 Å². The number of likely N-dealkylation sites (N-methyl/N-ethyl adjacent to an activating group) is 1. The lowest BCUT2D eigenvalue weighted by molar-refractivity contribution is -0.143. The minimum atomic E-state index is -1.04. The zero-order chi connectivity index (χ0) is 23.3. The first-order valence-electron chi connectivity index (χ1n) is 10.2. The molecule has 5 N–H and O–H groups in total. The summed E-state index contributed by atoms with van der Waals surface area (Å²) in [6, 6.07) is 11.9. The molecule has 0 radical (unpaired) electrons. The number of ether oxygens (including phenoxy) is 1. The molecule has 0 heterocycles. The van der Waals surface area contributed by atoms with Gasteiger partial charge in [-0.1, -0.05) is 6.07 Å². The van der Waals surface area contributed by atoms with Crippen molar-refractivity contribution in [2.45, 2.75) is 31.6 Å². The number of nitrogens with one attached hydrogen (secondary N) is 2. The topological polar surface area (TPSA) is 146 Å². The minimum absolute atomic E-state index is 0.00793. The van der Waals surface area contributed by atoms with Gasteiger partial charge in [0.25, 0.3) is 0 Å². The Labute approximate surface area is 185 Å². The predicted molar refractivity (Wildman–Crippen MR) is 119 cm³/mol. The summed E-state index contributed by atoms with van der Waals surface area (Å²) in [7, 11) is 1.49. The molecule has 3 rings (SSSR count). The maximum atomic E-state index is 12.5. The lowest BCUT2D eigenvalue weighted by Crippen LogP contribution is -2.33. The summed E-state index contributed by atoms with van der Waals surface area (Å²) < 4.78 is 5.52. The van der Waals surface area contributed by atoms with Crippen molar-refractivity contribution in [3.8, 4) is 5.75 Å². The number of guanidine groups is 1. The number of hydrogen-bond donors (Lipinski definition) is 4. The fourth-order valence-electron chi connectivity index (χ4n) is 3.84. The van der Waals surface area contributed by atoms with Gasteiger partial charge >= 0.3 is 11.9 Å². The first kappa shape index (κ1) is 22.8. The standard InChI is InChI=1S/C23H26N4O5/c1-27(13-21(29)30)20(28)12-16-4-2-3-15-11-18(9-10-19(15)16)32-22(31)14-5-7-17(8-6-14)26-23(24)25/h5-11,16H,2-4,12-13H2,1H3,(H,29,30)(H4,24,25,26). The van der Waals surface area contributed by atoms with E-state index in [0.29, 0.717) is 17.0 Å². The molecule has 0 saturated heterocycles. The van der Waals surface area contributed by atoms with Crippen LogP contribution in [-0.2, 0) is 16.0 Å². The maximum absolute atomic E-state index is 12.5. The Morgan fingerprint density at radius 2 is 1.94 bits per heavy atom. The quantitative estimate of drug-likeness (QED) is 0.225. The second-order valence-electron chi connectivity index (χ2n) is 7.80. The monoisotopic (exact) mass is 438 g/mol. The number of nitrogens with two attached hydrogens (primary N) is 1. The van der Waals surface area contributed by atoms with Crippen molar-refractivity contribution in [2.24, 2.45) is 5.73 Å².